The fourth-order valence-corrected chi connectivity index (χ4v) is 2.95. The summed E-state index contributed by atoms with van der Waals surface area (Å²) in [6.07, 6.45) is 6.78. The van der Waals surface area contributed by atoms with Crippen LogP contribution in [0.5, 0.6) is 0 Å². The highest BCUT2D eigenvalue weighted by atomic mass is 15.1. The van der Waals surface area contributed by atoms with Crippen LogP contribution >= 0.6 is 0 Å². The average Bonchev–Trinajstić information content (AvgIpc) is 2.73. The molecule has 1 heterocycles. The molecule has 14 heavy (non-hydrogen) atoms. The van der Waals surface area contributed by atoms with Crippen molar-refractivity contribution in [2.24, 2.45) is 11.1 Å². The fraction of sp³-hybridized carbons (Fsp3) is 1.00. The van der Waals surface area contributed by atoms with Crippen LogP contribution in [-0.2, 0) is 0 Å². The van der Waals surface area contributed by atoms with E-state index in [1.807, 2.05) is 0 Å². The molecule has 1 saturated heterocycles. The zero-order valence-electron chi connectivity index (χ0n) is 9.84. The summed E-state index contributed by atoms with van der Waals surface area (Å²) < 4.78 is 0. The standard InChI is InChI=1S/C12H24N2/c1-11(2,13)12(6-7-12)9-10-5-4-8-14(10)3/h10H,4-9,13H2,1-3H3. The van der Waals surface area contributed by atoms with Gasteiger partial charge < -0.3 is 10.6 Å². The molecular formula is C12H24N2. The zero-order chi connectivity index (χ0) is 10.4. The molecule has 0 aromatic carbocycles. The Kier molecular flexibility index (Phi) is 2.39. The Morgan fingerprint density at radius 1 is 1.43 bits per heavy atom. The zero-order valence-corrected chi connectivity index (χ0v) is 9.84. The molecule has 1 unspecified atom stereocenters. The number of hydrogen-bond donors (Lipinski definition) is 1. The molecule has 2 nitrogen and oxygen atoms in total. The Morgan fingerprint density at radius 3 is 2.43 bits per heavy atom. The van der Waals surface area contributed by atoms with Gasteiger partial charge in [-0.3, -0.25) is 0 Å². The number of rotatable bonds is 3. The Labute approximate surface area is 87.8 Å². The van der Waals surface area contributed by atoms with Gasteiger partial charge in [0.25, 0.3) is 0 Å². The smallest absolute Gasteiger partial charge is 0.0154 e. The van der Waals surface area contributed by atoms with Gasteiger partial charge in [0, 0.05) is 11.6 Å². The van der Waals surface area contributed by atoms with E-state index in [1.54, 1.807) is 0 Å². The van der Waals surface area contributed by atoms with E-state index in [0.717, 1.165) is 6.04 Å². The van der Waals surface area contributed by atoms with Gasteiger partial charge in [0.05, 0.1) is 0 Å². The first-order chi connectivity index (χ1) is 6.45. The monoisotopic (exact) mass is 196 g/mol. The largest absolute Gasteiger partial charge is 0.325 e. The van der Waals surface area contributed by atoms with Gasteiger partial charge in [-0.2, -0.15) is 0 Å². The molecule has 0 spiro atoms. The molecule has 2 fully saturated rings. The number of nitrogens with two attached hydrogens (primary N) is 1. The SMILES string of the molecule is CN1CCCC1CC1(C(C)(C)N)CC1. The van der Waals surface area contributed by atoms with Crippen molar-refractivity contribution >= 4 is 0 Å². The van der Waals surface area contributed by atoms with Crippen LogP contribution in [0.1, 0.15) is 46.0 Å². The lowest BCUT2D eigenvalue weighted by Crippen LogP contribution is -2.45. The minimum Gasteiger partial charge on any atom is -0.325 e. The van der Waals surface area contributed by atoms with Crippen molar-refractivity contribution in [3.63, 3.8) is 0 Å². The molecule has 1 aliphatic heterocycles. The van der Waals surface area contributed by atoms with Crippen molar-refractivity contribution in [2.75, 3.05) is 13.6 Å². The van der Waals surface area contributed by atoms with Gasteiger partial charge >= 0.3 is 0 Å². The van der Waals surface area contributed by atoms with Gasteiger partial charge in [0.2, 0.25) is 0 Å². The van der Waals surface area contributed by atoms with Crippen LogP contribution < -0.4 is 5.73 Å². The lowest BCUT2D eigenvalue weighted by Gasteiger charge is -2.34. The van der Waals surface area contributed by atoms with E-state index >= 15 is 0 Å². The first-order valence-electron chi connectivity index (χ1n) is 5.94. The second-order valence-corrected chi connectivity index (χ2v) is 5.98. The predicted molar refractivity (Wildman–Crippen MR) is 60.2 cm³/mol. The van der Waals surface area contributed by atoms with Crippen molar-refractivity contribution < 1.29 is 0 Å². The molecule has 1 saturated carbocycles. The molecule has 82 valence electrons. The third-order valence-electron chi connectivity index (χ3n) is 4.52. The Morgan fingerprint density at radius 2 is 2.07 bits per heavy atom. The lowest BCUT2D eigenvalue weighted by atomic mass is 9.79. The molecule has 0 aromatic heterocycles. The van der Waals surface area contributed by atoms with Crippen LogP contribution in [0.2, 0.25) is 0 Å². The average molecular weight is 196 g/mol. The number of hydrogen-bond acceptors (Lipinski definition) is 2. The Balaban J connectivity index is 1.97. The van der Waals surface area contributed by atoms with Crippen molar-refractivity contribution in [2.45, 2.75) is 57.5 Å². The Bertz CT molecular complexity index is 213. The molecule has 1 aliphatic carbocycles. The van der Waals surface area contributed by atoms with Gasteiger partial charge in [0.1, 0.15) is 0 Å². The second-order valence-electron chi connectivity index (χ2n) is 5.98. The molecule has 0 aromatic rings. The van der Waals surface area contributed by atoms with Crippen LogP contribution in [0.4, 0.5) is 0 Å². The van der Waals surface area contributed by atoms with Crippen molar-refractivity contribution in [3.05, 3.63) is 0 Å². The van der Waals surface area contributed by atoms with Crippen molar-refractivity contribution in [1.82, 2.24) is 4.90 Å². The van der Waals surface area contributed by atoms with E-state index in [-0.39, 0.29) is 5.54 Å². The minimum atomic E-state index is 0.0242. The van der Waals surface area contributed by atoms with Gasteiger partial charge in [-0.15, -0.1) is 0 Å². The fourth-order valence-electron chi connectivity index (χ4n) is 2.95. The second kappa shape index (κ2) is 3.21. The first-order valence-corrected chi connectivity index (χ1v) is 5.94. The van der Waals surface area contributed by atoms with Crippen LogP contribution in [0, 0.1) is 5.41 Å². The van der Waals surface area contributed by atoms with E-state index in [1.165, 1.54) is 38.6 Å². The van der Waals surface area contributed by atoms with Gasteiger partial charge in [-0.1, -0.05) is 0 Å². The molecule has 0 radical (unpaired) electrons. The summed E-state index contributed by atoms with van der Waals surface area (Å²) in [6, 6.07) is 0.806. The summed E-state index contributed by atoms with van der Waals surface area (Å²) in [6.45, 7) is 5.69. The maximum absolute atomic E-state index is 6.28. The highest BCUT2D eigenvalue weighted by Crippen LogP contribution is 2.57. The molecule has 2 N–H and O–H groups in total. The van der Waals surface area contributed by atoms with E-state index < -0.39 is 0 Å². The van der Waals surface area contributed by atoms with E-state index in [2.05, 4.69) is 25.8 Å². The van der Waals surface area contributed by atoms with Crippen LogP contribution in [0.3, 0.4) is 0 Å². The highest BCUT2D eigenvalue weighted by Gasteiger charge is 2.53. The first kappa shape index (κ1) is 10.4. The summed E-state index contributed by atoms with van der Waals surface area (Å²) >= 11 is 0. The topological polar surface area (TPSA) is 29.3 Å². The highest BCUT2D eigenvalue weighted by molar-refractivity contribution is 5.08. The van der Waals surface area contributed by atoms with E-state index in [0.29, 0.717) is 5.41 Å². The lowest BCUT2D eigenvalue weighted by molar-refractivity contribution is 0.194. The molecule has 2 rings (SSSR count). The Hall–Kier alpha value is -0.0800. The van der Waals surface area contributed by atoms with Crippen LogP contribution in [0.15, 0.2) is 0 Å². The minimum absolute atomic E-state index is 0.0242. The van der Waals surface area contributed by atoms with Crippen LogP contribution in [0.25, 0.3) is 0 Å². The molecule has 2 aliphatic rings. The number of nitrogens with zero attached hydrogens (tertiary/aromatic N) is 1. The van der Waals surface area contributed by atoms with Crippen molar-refractivity contribution in [3.8, 4) is 0 Å². The summed E-state index contributed by atoms with van der Waals surface area (Å²) in [4.78, 5) is 2.52. The maximum atomic E-state index is 6.28. The molecule has 0 bridgehead atoms. The summed E-state index contributed by atoms with van der Waals surface area (Å²) in [5.74, 6) is 0. The summed E-state index contributed by atoms with van der Waals surface area (Å²) in [7, 11) is 2.26. The molecular weight excluding hydrogens is 172 g/mol. The third kappa shape index (κ3) is 1.70. The normalized spacial score (nSPS) is 32.1. The summed E-state index contributed by atoms with van der Waals surface area (Å²) in [5, 5.41) is 0. The molecule has 0 amide bonds. The molecule has 1 atom stereocenters. The van der Waals surface area contributed by atoms with E-state index in [4.69, 9.17) is 5.73 Å². The van der Waals surface area contributed by atoms with Crippen LogP contribution in [-0.4, -0.2) is 30.1 Å². The van der Waals surface area contributed by atoms with Gasteiger partial charge in [-0.05, 0) is 65.0 Å². The quantitative estimate of drug-likeness (QED) is 0.748. The number of likely N-dealkylation sites (tertiary alicyclic amines) is 1. The predicted octanol–water partition coefficient (Wildman–Crippen LogP) is 1.99. The summed E-state index contributed by atoms with van der Waals surface area (Å²) in [5.41, 5.74) is 6.77. The molecule has 2 heteroatoms. The van der Waals surface area contributed by atoms with Crippen molar-refractivity contribution in [1.29, 1.82) is 0 Å². The van der Waals surface area contributed by atoms with Gasteiger partial charge in [-0.25, -0.2) is 0 Å². The van der Waals surface area contributed by atoms with E-state index in [9.17, 15) is 0 Å². The third-order valence-corrected chi connectivity index (χ3v) is 4.52. The maximum Gasteiger partial charge on any atom is 0.0154 e. The van der Waals surface area contributed by atoms with Gasteiger partial charge in [0.15, 0.2) is 0 Å².